The standard InChI is InChI=1S/C13H24N4O.HI/c1-10(2)16-12(18)8-9-15-13(14-3)17-11-6-4-5-7-11;/h4-5,10-11H,6-9H2,1-3H3,(H,16,18)(H2,14,15,17);1H. The van der Waals surface area contributed by atoms with Crippen molar-refractivity contribution in [3.8, 4) is 0 Å². The average Bonchev–Trinajstić information content (AvgIpc) is 2.79. The Kier molecular flexibility index (Phi) is 9.63. The van der Waals surface area contributed by atoms with Crippen molar-refractivity contribution in [1.29, 1.82) is 0 Å². The predicted octanol–water partition coefficient (Wildman–Crippen LogP) is 1.40. The number of nitrogens with one attached hydrogen (secondary N) is 3. The van der Waals surface area contributed by atoms with Crippen LogP contribution in [0.25, 0.3) is 0 Å². The highest BCUT2D eigenvalue weighted by molar-refractivity contribution is 14.0. The fourth-order valence-corrected chi connectivity index (χ4v) is 1.81. The zero-order valence-corrected chi connectivity index (χ0v) is 14.2. The Morgan fingerprint density at radius 1 is 1.37 bits per heavy atom. The third kappa shape index (κ3) is 8.07. The van der Waals surface area contributed by atoms with Crippen molar-refractivity contribution in [2.24, 2.45) is 4.99 Å². The maximum atomic E-state index is 11.4. The van der Waals surface area contributed by atoms with Gasteiger partial charge in [-0.25, -0.2) is 0 Å². The summed E-state index contributed by atoms with van der Waals surface area (Å²) in [7, 11) is 1.74. The highest BCUT2D eigenvalue weighted by Gasteiger charge is 2.11. The van der Waals surface area contributed by atoms with E-state index in [2.05, 4.69) is 33.1 Å². The first-order chi connectivity index (χ1) is 8.61. The zero-order chi connectivity index (χ0) is 13.4. The molecule has 0 bridgehead atoms. The summed E-state index contributed by atoms with van der Waals surface area (Å²) in [6, 6.07) is 0.625. The van der Waals surface area contributed by atoms with Crippen LogP contribution in [-0.2, 0) is 4.79 Å². The molecule has 0 radical (unpaired) electrons. The molecule has 0 saturated carbocycles. The van der Waals surface area contributed by atoms with Gasteiger partial charge in [-0.2, -0.15) is 0 Å². The Bertz CT molecular complexity index is 321. The number of amides is 1. The summed E-state index contributed by atoms with van der Waals surface area (Å²) in [6.07, 6.45) is 6.87. The Morgan fingerprint density at radius 2 is 2.00 bits per heavy atom. The molecular weight excluding hydrogens is 355 g/mol. The van der Waals surface area contributed by atoms with E-state index < -0.39 is 0 Å². The highest BCUT2D eigenvalue weighted by atomic mass is 127. The van der Waals surface area contributed by atoms with Crippen molar-refractivity contribution in [3.63, 3.8) is 0 Å². The van der Waals surface area contributed by atoms with Crippen molar-refractivity contribution in [1.82, 2.24) is 16.0 Å². The van der Waals surface area contributed by atoms with Gasteiger partial charge < -0.3 is 16.0 Å². The van der Waals surface area contributed by atoms with Crippen LogP contribution in [0.15, 0.2) is 17.1 Å². The summed E-state index contributed by atoms with van der Waals surface area (Å²) in [5.41, 5.74) is 0. The molecule has 0 fully saturated rings. The molecule has 0 aliphatic heterocycles. The zero-order valence-electron chi connectivity index (χ0n) is 11.9. The Morgan fingerprint density at radius 3 is 2.53 bits per heavy atom. The molecule has 0 aromatic heterocycles. The number of hydrogen-bond donors (Lipinski definition) is 3. The summed E-state index contributed by atoms with van der Waals surface area (Å²) in [6.45, 7) is 4.51. The lowest BCUT2D eigenvalue weighted by Gasteiger charge is -2.17. The first-order valence-corrected chi connectivity index (χ1v) is 6.53. The molecule has 1 aliphatic rings. The molecular formula is C13H25IN4O. The van der Waals surface area contributed by atoms with Crippen LogP contribution in [0.2, 0.25) is 0 Å². The van der Waals surface area contributed by atoms with Crippen molar-refractivity contribution >= 4 is 35.8 Å². The third-order valence-electron chi connectivity index (χ3n) is 2.67. The van der Waals surface area contributed by atoms with E-state index in [1.165, 1.54) is 0 Å². The van der Waals surface area contributed by atoms with Gasteiger partial charge in [-0.15, -0.1) is 24.0 Å². The highest BCUT2D eigenvalue weighted by Crippen LogP contribution is 2.08. The number of carbonyl (C=O) groups excluding carboxylic acids is 1. The van der Waals surface area contributed by atoms with E-state index in [4.69, 9.17) is 0 Å². The van der Waals surface area contributed by atoms with Crippen LogP contribution in [0.4, 0.5) is 0 Å². The van der Waals surface area contributed by atoms with Crippen molar-refractivity contribution in [2.75, 3.05) is 13.6 Å². The van der Waals surface area contributed by atoms with Gasteiger partial charge in [0.05, 0.1) is 0 Å². The molecule has 6 heteroatoms. The van der Waals surface area contributed by atoms with E-state index in [9.17, 15) is 4.79 Å². The first kappa shape index (κ1) is 18.2. The van der Waals surface area contributed by atoms with E-state index in [0.717, 1.165) is 18.8 Å². The minimum Gasteiger partial charge on any atom is -0.356 e. The summed E-state index contributed by atoms with van der Waals surface area (Å²) < 4.78 is 0. The van der Waals surface area contributed by atoms with E-state index >= 15 is 0 Å². The minimum atomic E-state index is 0. The Labute approximate surface area is 132 Å². The molecule has 1 amide bonds. The molecule has 1 rings (SSSR count). The van der Waals surface area contributed by atoms with Crippen LogP contribution in [0.5, 0.6) is 0 Å². The van der Waals surface area contributed by atoms with Gasteiger partial charge >= 0.3 is 0 Å². The summed E-state index contributed by atoms with van der Waals surface area (Å²) in [5.74, 6) is 0.830. The van der Waals surface area contributed by atoms with Crippen molar-refractivity contribution in [3.05, 3.63) is 12.2 Å². The lowest BCUT2D eigenvalue weighted by Crippen LogP contribution is -2.43. The van der Waals surface area contributed by atoms with Crippen molar-refractivity contribution in [2.45, 2.75) is 45.2 Å². The molecule has 0 spiro atoms. The number of hydrogen-bond acceptors (Lipinski definition) is 2. The summed E-state index contributed by atoms with van der Waals surface area (Å²) >= 11 is 0. The third-order valence-corrected chi connectivity index (χ3v) is 2.67. The minimum absolute atomic E-state index is 0. The van der Waals surface area contributed by atoms with Gasteiger partial charge in [-0.05, 0) is 26.7 Å². The number of rotatable bonds is 5. The number of nitrogens with zero attached hydrogens (tertiary/aromatic N) is 1. The lowest BCUT2D eigenvalue weighted by atomic mass is 10.2. The molecule has 0 atom stereocenters. The van der Waals surface area contributed by atoms with Crippen LogP contribution >= 0.6 is 24.0 Å². The molecule has 0 aromatic carbocycles. The second-order valence-electron chi connectivity index (χ2n) is 4.76. The van der Waals surface area contributed by atoms with Gasteiger partial charge in [-0.3, -0.25) is 9.79 Å². The quantitative estimate of drug-likeness (QED) is 0.293. The summed E-state index contributed by atoms with van der Waals surface area (Å²) in [5, 5.41) is 9.33. The molecule has 5 nitrogen and oxygen atoms in total. The lowest BCUT2D eigenvalue weighted by molar-refractivity contribution is -0.121. The average molecular weight is 380 g/mol. The molecule has 110 valence electrons. The second-order valence-corrected chi connectivity index (χ2v) is 4.76. The fraction of sp³-hybridized carbons (Fsp3) is 0.692. The van der Waals surface area contributed by atoms with Gasteiger partial charge in [0.25, 0.3) is 0 Å². The normalized spacial score (nSPS) is 15.3. The SMILES string of the molecule is CN=C(NCCC(=O)NC(C)C)NC1CC=CC1.I. The van der Waals surface area contributed by atoms with Crippen molar-refractivity contribution < 1.29 is 4.79 Å². The number of guanidine groups is 1. The molecule has 0 unspecified atom stereocenters. The Balaban J connectivity index is 0.00000324. The van der Waals surface area contributed by atoms with Gasteiger partial charge in [-0.1, -0.05) is 12.2 Å². The van der Waals surface area contributed by atoms with Gasteiger partial charge in [0.1, 0.15) is 0 Å². The number of halogens is 1. The fourth-order valence-electron chi connectivity index (χ4n) is 1.81. The van der Waals surface area contributed by atoms with Crippen LogP contribution in [-0.4, -0.2) is 37.5 Å². The van der Waals surface area contributed by atoms with Gasteiger partial charge in [0.15, 0.2) is 5.96 Å². The first-order valence-electron chi connectivity index (χ1n) is 6.53. The number of aliphatic imine (C=N–C) groups is 1. The van der Waals surface area contributed by atoms with E-state index in [-0.39, 0.29) is 35.9 Å². The van der Waals surface area contributed by atoms with Crippen LogP contribution in [0.3, 0.4) is 0 Å². The van der Waals surface area contributed by atoms with E-state index in [1.807, 2.05) is 13.8 Å². The number of carbonyl (C=O) groups is 1. The molecule has 19 heavy (non-hydrogen) atoms. The van der Waals surface area contributed by atoms with Crippen LogP contribution in [0, 0.1) is 0 Å². The summed E-state index contributed by atoms with van der Waals surface area (Å²) in [4.78, 5) is 15.6. The molecule has 3 N–H and O–H groups in total. The smallest absolute Gasteiger partial charge is 0.221 e. The maximum absolute atomic E-state index is 11.4. The van der Waals surface area contributed by atoms with E-state index in [1.54, 1.807) is 7.05 Å². The maximum Gasteiger partial charge on any atom is 0.221 e. The van der Waals surface area contributed by atoms with Crippen LogP contribution < -0.4 is 16.0 Å². The molecule has 1 aliphatic carbocycles. The second kappa shape index (κ2) is 10.1. The molecule has 0 heterocycles. The van der Waals surface area contributed by atoms with Crippen LogP contribution in [0.1, 0.15) is 33.1 Å². The largest absolute Gasteiger partial charge is 0.356 e. The molecule has 0 aromatic rings. The predicted molar refractivity (Wildman–Crippen MR) is 90.0 cm³/mol. The van der Waals surface area contributed by atoms with Gasteiger partial charge in [0, 0.05) is 32.1 Å². The van der Waals surface area contributed by atoms with Gasteiger partial charge in [0.2, 0.25) is 5.91 Å². The molecule has 0 saturated heterocycles. The Hall–Kier alpha value is -0.790. The van der Waals surface area contributed by atoms with E-state index in [0.29, 0.717) is 19.0 Å². The topological polar surface area (TPSA) is 65.5 Å². The monoisotopic (exact) mass is 380 g/mol.